The molecule has 188 valence electrons. The largest absolute Gasteiger partial charge is 0.507 e. The van der Waals surface area contributed by atoms with E-state index in [1.807, 2.05) is 31.1 Å². The molecule has 1 aliphatic heterocycles. The zero-order valence-electron chi connectivity index (χ0n) is 20.9. The standard InChI is InChI=1S/C26H32ClN3O5/c1-7-23(32)29(5)19-12-18-15-30(9-8-17(18)13-21(19)35-11-10-28(3)4)26(33)24-16(2)25(27)22(34-6)14-20(24)31/h7,12-14,31H,1,8-11,15H2,2-6H3. The number of nitrogens with zero attached hydrogens (tertiary/aromatic N) is 3. The lowest BCUT2D eigenvalue weighted by molar-refractivity contribution is -0.113. The highest BCUT2D eigenvalue weighted by Crippen LogP contribution is 2.38. The molecule has 0 aliphatic carbocycles. The molecule has 2 amide bonds. The summed E-state index contributed by atoms with van der Waals surface area (Å²) in [5.74, 6) is 0.154. The molecule has 2 aromatic carbocycles. The molecule has 9 heteroatoms. The van der Waals surface area contributed by atoms with Crippen molar-refractivity contribution in [1.82, 2.24) is 9.80 Å². The summed E-state index contributed by atoms with van der Waals surface area (Å²) in [6.07, 6.45) is 1.85. The molecule has 0 fully saturated rings. The third-order valence-corrected chi connectivity index (χ3v) is 6.59. The number of carbonyl (C=O) groups is 2. The Labute approximate surface area is 211 Å². The van der Waals surface area contributed by atoms with E-state index in [0.717, 1.165) is 17.7 Å². The third kappa shape index (κ3) is 5.55. The molecule has 8 nitrogen and oxygen atoms in total. The predicted octanol–water partition coefficient (Wildman–Crippen LogP) is 3.65. The zero-order chi connectivity index (χ0) is 25.9. The first-order chi connectivity index (χ1) is 16.6. The summed E-state index contributed by atoms with van der Waals surface area (Å²) in [6.45, 7) is 7.24. The highest BCUT2D eigenvalue weighted by molar-refractivity contribution is 6.33. The van der Waals surface area contributed by atoms with E-state index in [-0.39, 0.29) is 28.1 Å². The fourth-order valence-electron chi connectivity index (χ4n) is 4.04. The summed E-state index contributed by atoms with van der Waals surface area (Å²) in [7, 11) is 7.04. The van der Waals surface area contributed by atoms with Crippen LogP contribution < -0.4 is 14.4 Å². The number of amides is 2. The summed E-state index contributed by atoms with van der Waals surface area (Å²) in [5, 5.41) is 10.8. The highest BCUT2D eigenvalue weighted by atomic mass is 35.5. The normalized spacial score (nSPS) is 12.8. The molecule has 1 heterocycles. The minimum atomic E-state index is -0.321. The second kappa shape index (κ2) is 11.0. The van der Waals surface area contributed by atoms with Gasteiger partial charge in [-0.25, -0.2) is 0 Å². The number of halogens is 1. The number of likely N-dealkylation sites (N-methyl/N-ethyl adjacent to an activating group) is 2. The molecular weight excluding hydrogens is 470 g/mol. The van der Waals surface area contributed by atoms with Gasteiger partial charge in [-0.05, 0) is 62.3 Å². The Kier molecular flexibility index (Phi) is 8.30. The summed E-state index contributed by atoms with van der Waals surface area (Å²) in [5.41, 5.74) is 3.17. The van der Waals surface area contributed by atoms with E-state index in [1.165, 1.54) is 24.2 Å². The van der Waals surface area contributed by atoms with Crippen molar-refractivity contribution in [3.63, 3.8) is 0 Å². The molecule has 0 saturated carbocycles. The number of aromatic hydroxyl groups is 1. The van der Waals surface area contributed by atoms with Gasteiger partial charge >= 0.3 is 0 Å². The Balaban J connectivity index is 1.94. The SMILES string of the molecule is C=CC(=O)N(C)c1cc2c(cc1OCCN(C)C)CCN(C(=O)c1c(O)cc(OC)c(Cl)c1C)C2. The molecule has 0 radical (unpaired) electrons. The molecule has 0 aromatic heterocycles. The van der Waals surface area contributed by atoms with Gasteiger partial charge in [-0.1, -0.05) is 18.2 Å². The minimum Gasteiger partial charge on any atom is -0.507 e. The number of benzene rings is 2. The van der Waals surface area contributed by atoms with Crippen molar-refractivity contribution in [2.45, 2.75) is 19.9 Å². The quantitative estimate of drug-likeness (QED) is 0.556. The summed E-state index contributed by atoms with van der Waals surface area (Å²) >= 11 is 6.34. The van der Waals surface area contributed by atoms with Crippen LogP contribution in [0, 0.1) is 6.92 Å². The van der Waals surface area contributed by atoms with Crippen molar-refractivity contribution >= 4 is 29.1 Å². The lowest BCUT2D eigenvalue weighted by Crippen LogP contribution is -2.36. The Morgan fingerprint density at radius 3 is 2.54 bits per heavy atom. The molecule has 0 spiro atoms. The van der Waals surface area contributed by atoms with Gasteiger partial charge in [0, 0.05) is 32.7 Å². The number of fused-ring (bicyclic) bond motifs is 1. The first kappa shape index (κ1) is 26.4. The van der Waals surface area contributed by atoms with Crippen molar-refractivity contribution in [2.75, 3.05) is 52.8 Å². The second-order valence-electron chi connectivity index (χ2n) is 8.73. The van der Waals surface area contributed by atoms with Gasteiger partial charge in [-0.3, -0.25) is 9.59 Å². The van der Waals surface area contributed by atoms with Gasteiger partial charge in [-0.2, -0.15) is 0 Å². The molecule has 0 atom stereocenters. The van der Waals surface area contributed by atoms with Crippen LogP contribution >= 0.6 is 11.6 Å². The maximum atomic E-state index is 13.4. The monoisotopic (exact) mass is 501 g/mol. The number of hydrogen-bond donors (Lipinski definition) is 1. The smallest absolute Gasteiger partial charge is 0.258 e. The molecule has 1 N–H and O–H groups in total. The summed E-state index contributed by atoms with van der Waals surface area (Å²) < 4.78 is 11.2. The highest BCUT2D eigenvalue weighted by Gasteiger charge is 2.29. The molecule has 0 bridgehead atoms. The van der Waals surface area contributed by atoms with E-state index in [2.05, 4.69) is 6.58 Å². The van der Waals surface area contributed by atoms with Gasteiger partial charge in [-0.15, -0.1) is 0 Å². The second-order valence-corrected chi connectivity index (χ2v) is 9.11. The fraction of sp³-hybridized carbons (Fsp3) is 0.385. The lowest BCUT2D eigenvalue weighted by Gasteiger charge is -2.31. The lowest BCUT2D eigenvalue weighted by atomic mass is 9.96. The van der Waals surface area contributed by atoms with Crippen LogP contribution in [0.4, 0.5) is 5.69 Å². The maximum absolute atomic E-state index is 13.4. The molecular formula is C26H32ClN3O5. The number of carbonyl (C=O) groups excluding carboxylic acids is 2. The van der Waals surface area contributed by atoms with E-state index in [0.29, 0.717) is 48.9 Å². The Morgan fingerprint density at radius 1 is 1.20 bits per heavy atom. The minimum absolute atomic E-state index is 0.155. The predicted molar refractivity (Wildman–Crippen MR) is 137 cm³/mol. The van der Waals surface area contributed by atoms with Crippen LogP contribution in [-0.2, 0) is 17.8 Å². The Morgan fingerprint density at radius 2 is 1.91 bits per heavy atom. The van der Waals surface area contributed by atoms with Crippen LogP contribution in [0.3, 0.4) is 0 Å². The number of ether oxygens (including phenoxy) is 2. The fourth-order valence-corrected chi connectivity index (χ4v) is 4.27. The van der Waals surface area contributed by atoms with Crippen LogP contribution in [-0.4, -0.2) is 74.7 Å². The van der Waals surface area contributed by atoms with Gasteiger partial charge in [0.1, 0.15) is 23.9 Å². The first-order valence-electron chi connectivity index (χ1n) is 11.3. The number of methoxy groups -OCH3 is 1. The number of phenols is 1. The number of rotatable bonds is 8. The van der Waals surface area contributed by atoms with Gasteiger partial charge in [0.15, 0.2) is 0 Å². The Bertz CT molecular complexity index is 1150. The van der Waals surface area contributed by atoms with Gasteiger partial charge in [0.2, 0.25) is 5.91 Å². The molecule has 3 rings (SSSR count). The van der Waals surface area contributed by atoms with Crippen LogP contribution in [0.1, 0.15) is 27.0 Å². The van der Waals surface area contributed by atoms with Crippen LogP contribution in [0.5, 0.6) is 17.2 Å². The number of phenolic OH excluding ortho intramolecular Hbond substituents is 1. The summed E-state index contributed by atoms with van der Waals surface area (Å²) in [6, 6.07) is 5.18. The van der Waals surface area contributed by atoms with Crippen LogP contribution in [0.15, 0.2) is 30.9 Å². The van der Waals surface area contributed by atoms with Crippen molar-refractivity contribution in [3.8, 4) is 17.2 Å². The van der Waals surface area contributed by atoms with E-state index in [4.69, 9.17) is 21.1 Å². The van der Waals surface area contributed by atoms with Crippen LogP contribution in [0.2, 0.25) is 5.02 Å². The van der Waals surface area contributed by atoms with Crippen molar-refractivity contribution in [1.29, 1.82) is 0 Å². The van der Waals surface area contributed by atoms with E-state index in [9.17, 15) is 14.7 Å². The van der Waals surface area contributed by atoms with Crippen molar-refractivity contribution in [3.05, 3.63) is 58.1 Å². The topological polar surface area (TPSA) is 82.6 Å². The van der Waals surface area contributed by atoms with E-state index < -0.39 is 0 Å². The molecule has 35 heavy (non-hydrogen) atoms. The average Bonchev–Trinajstić information content (AvgIpc) is 2.84. The molecule has 1 aliphatic rings. The molecule has 2 aromatic rings. The number of anilines is 1. The Hall–Kier alpha value is -3.23. The van der Waals surface area contributed by atoms with E-state index >= 15 is 0 Å². The maximum Gasteiger partial charge on any atom is 0.258 e. The van der Waals surface area contributed by atoms with E-state index in [1.54, 1.807) is 18.9 Å². The molecule has 0 unspecified atom stereocenters. The third-order valence-electron chi connectivity index (χ3n) is 6.12. The first-order valence-corrected chi connectivity index (χ1v) is 11.7. The molecule has 0 saturated heterocycles. The number of hydrogen-bond acceptors (Lipinski definition) is 6. The van der Waals surface area contributed by atoms with Crippen molar-refractivity contribution < 1.29 is 24.2 Å². The van der Waals surface area contributed by atoms with Gasteiger partial charge in [0.25, 0.3) is 5.91 Å². The van der Waals surface area contributed by atoms with Gasteiger partial charge in [0.05, 0.1) is 23.4 Å². The van der Waals surface area contributed by atoms with Crippen molar-refractivity contribution in [2.24, 2.45) is 0 Å². The van der Waals surface area contributed by atoms with Gasteiger partial charge < -0.3 is 29.3 Å². The summed E-state index contributed by atoms with van der Waals surface area (Å²) in [4.78, 5) is 30.9. The average molecular weight is 502 g/mol. The van der Waals surface area contributed by atoms with Crippen LogP contribution in [0.25, 0.3) is 0 Å². The zero-order valence-corrected chi connectivity index (χ0v) is 21.6.